The number of tetrazole rings is 1. The number of rotatable bonds is 5. The molecule has 1 unspecified atom stereocenters. The third-order valence-corrected chi connectivity index (χ3v) is 5.94. The average molecular weight is 369 g/mol. The normalized spacial score (nSPS) is 28.7. The molecule has 1 aliphatic heterocycles. The van der Waals surface area contributed by atoms with Gasteiger partial charge in [0.15, 0.2) is 5.78 Å². The van der Waals surface area contributed by atoms with Crippen LogP contribution in [0.3, 0.4) is 0 Å². The number of hydrogen-bond donors (Lipinski definition) is 0. The van der Waals surface area contributed by atoms with E-state index in [1.165, 1.54) is 5.56 Å². The lowest BCUT2D eigenvalue weighted by Crippen LogP contribution is -2.42. The first-order valence-electron chi connectivity index (χ1n) is 9.83. The van der Waals surface area contributed by atoms with Crippen LogP contribution >= 0.6 is 0 Å². The van der Waals surface area contributed by atoms with Crippen molar-refractivity contribution in [2.24, 2.45) is 7.05 Å². The molecule has 7 heteroatoms. The fourth-order valence-electron chi connectivity index (χ4n) is 4.46. The van der Waals surface area contributed by atoms with Crippen molar-refractivity contribution in [2.45, 2.75) is 63.1 Å². The molecule has 2 fully saturated rings. The highest BCUT2D eigenvalue weighted by molar-refractivity contribution is 5.91. The van der Waals surface area contributed by atoms with Gasteiger partial charge in [0, 0.05) is 19.5 Å². The van der Waals surface area contributed by atoms with E-state index in [0.717, 1.165) is 25.7 Å². The lowest BCUT2D eigenvalue weighted by Gasteiger charge is -2.31. The third-order valence-electron chi connectivity index (χ3n) is 5.94. The lowest BCUT2D eigenvalue weighted by molar-refractivity contribution is -0.120. The smallest absolute Gasteiger partial charge is 0.246 e. The van der Waals surface area contributed by atoms with Gasteiger partial charge in [-0.3, -0.25) is 4.79 Å². The highest BCUT2D eigenvalue weighted by atomic mass is 16.5. The Morgan fingerprint density at radius 2 is 1.89 bits per heavy atom. The van der Waals surface area contributed by atoms with Crippen LogP contribution in [0.5, 0.6) is 0 Å². The fraction of sp³-hybridized carbons (Fsp3) is 0.600. The summed E-state index contributed by atoms with van der Waals surface area (Å²) in [6, 6.07) is 10.5. The zero-order valence-corrected chi connectivity index (χ0v) is 16.0. The molecule has 27 heavy (non-hydrogen) atoms. The predicted octanol–water partition coefficient (Wildman–Crippen LogP) is 2.49. The molecule has 1 saturated heterocycles. The van der Waals surface area contributed by atoms with Gasteiger partial charge < -0.3 is 9.64 Å². The molecule has 144 valence electrons. The van der Waals surface area contributed by atoms with Gasteiger partial charge in [0.05, 0.1) is 12.7 Å². The summed E-state index contributed by atoms with van der Waals surface area (Å²) in [7, 11) is 1.80. The maximum absolute atomic E-state index is 12.5. The van der Waals surface area contributed by atoms with E-state index in [0.29, 0.717) is 24.9 Å². The number of benzene rings is 1. The molecule has 1 aromatic carbocycles. The average Bonchev–Trinajstić information content (AvgIpc) is 3.22. The molecule has 0 amide bonds. The highest BCUT2D eigenvalue weighted by Gasteiger charge is 2.41. The molecular formula is C20H27N5O2. The molecule has 0 N–H and O–H groups in total. The van der Waals surface area contributed by atoms with E-state index in [4.69, 9.17) is 4.74 Å². The standard InChI is InChI=1S/C20H27N5O2/c1-14-12-19(26)18(25(14)20-21-22-23-24(20)2)13-27-17-10-8-16(9-11-17)15-6-4-3-5-7-15/h3-7,14,16-18H,8-13H2,1-2H3/t14-,16?,17?,18?/m1/s1. The van der Waals surface area contributed by atoms with Crippen molar-refractivity contribution >= 4 is 11.7 Å². The summed E-state index contributed by atoms with van der Waals surface area (Å²) in [5.41, 5.74) is 1.43. The maximum atomic E-state index is 12.5. The number of Topliss-reactive ketones (excluding diaryl/α,β-unsaturated/α-hetero) is 1. The minimum atomic E-state index is -0.295. The summed E-state index contributed by atoms with van der Waals surface area (Å²) < 4.78 is 7.82. The lowest BCUT2D eigenvalue weighted by atomic mass is 9.83. The molecule has 0 spiro atoms. The van der Waals surface area contributed by atoms with E-state index in [1.54, 1.807) is 11.7 Å². The number of carbonyl (C=O) groups excluding carboxylic acids is 1. The third kappa shape index (κ3) is 3.74. The Hall–Kier alpha value is -2.28. The summed E-state index contributed by atoms with van der Waals surface area (Å²) in [5.74, 6) is 1.47. The minimum Gasteiger partial charge on any atom is -0.376 e. The van der Waals surface area contributed by atoms with E-state index < -0.39 is 0 Å². The van der Waals surface area contributed by atoms with E-state index in [9.17, 15) is 4.79 Å². The molecule has 4 rings (SSSR count). The first kappa shape index (κ1) is 18.1. The Bertz CT molecular complexity index is 770. The van der Waals surface area contributed by atoms with E-state index in [2.05, 4.69) is 45.9 Å². The number of nitrogens with zero attached hydrogens (tertiary/aromatic N) is 5. The first-order valence-corrected chi connectivity index (χ1v) is 9.83. The van der Waals surface area contributed by atoms with Gasteiger partial charge in [-0.25, -0.2) is 4.68 Å². The number of hydrogen-bond acceptors (Lipinski definition) is 6. The highest BCUT2D eigenvalue weighted by Crippen LogP contribution is 2.34. The van der Waals surface area contributed by atoms with Crippen LogP contribution in [-0.2, 0) is 16.6 Å². The number of ketones is 1. The number of aryl methyl sites for hydroxylation is 1. The molecule has 1 saturated carbocycles. The molecule has 0 bridgehead atoms. The molecule has 2 aromatic rings. The summed E-state index contributed by atoms with van der Waals surface area (Å²) in [6.07, 6.45) is 5.11. The van der Waals surface area contributed by atoms with Gasteiger partial charge in [0.1, 0.15) is 6.04 Å². The van der Waals surface area contributed by atoms with Crippen LogP contribution in [-0.4, -0.2) is 50.8 Å². The molecule has 1 aliphatic carbocycles. The van der Waals surface area contributed by atoms with E-state index >= 15 is 0 Å². The van der Waals surface area contributed by atoms with E-state index in [-0.39, 0.29) is 24.0 Å². The van der Waals surface area contributed by atoms with Crippen molar-refractivity contribution in [3.8, 4) is 0 Å². The van der Waals surface area contributed by atoms with Gasteiger partial charge in [-0.1, -0.05) is 35.4 Å². The molecule has 2 heterocycles. The summed E-state index contributed by atoms with van der Waals surface area (Å²) >= 11 is 0. The molecule has 0 radical (unpaired) electrons. The monoisotopic (exact) mass is 369 g/mol. The summed E-state index contributed by atoms with van der Waals surface area (Å²) in [4.78, 5) is 14.5. The predicted molar refractivity (Wildman–Crippen MR) is 102 cm³/mol. The van der Waals surface area contributed by atoms with Crippen LogP contribution in [0, 0.1) is 0 Å². The van der Waals surface area contributed by atoms with Crippen molar-refractivity contribution in [1.82, 2.24) is 20.2 Å². The van der Waals surface area contributed by atoms with Crippen LogP contribution in [0.4, 0.5) is 5.95 Å². The van der Waals surface area contributed by atoms with Crippen LogP contribution in [0.1, 0.15) is 50.5 Å². The Balaban J connectivity index is 1.34. The maximum Gasteiger partial charge on any atom is 0.246 e. The quantitative estimate of drug-likeness (QED) is 0.806. The topological polar surface area (TPSA) is 73.1 Å². The zero-order chi connectivity index (χ0) is 18.8. The SMILES string of the molecule is C[C@@H]1CC(=O)C(COC2CCC(c3ccccc3)CC2)N1c1nnnn1C. The molecule has 7 nitrogen and oxygen atoms in total. The molecule has 2 atom stereocenters. The number of ether oxygens (including phenoxy) is 1. The Morgan fingerprint density at radius 1 is 1.15 bits per heavy atom. The van der Waals surface area contributed by atoms with Gasteiger partial charge in [-0.15, -0.1) is 0 Å². The Kier molecular flexibility index (Phi) is 5.20. The van der Waals surface area contributed by atoms with Gasteiger partial charge in [-0.05, 0) is 54.5 Å². The van der Waals surface area contributed by atoms with Crippen molar-refractivity contribution < 1.29 is 9.53 Å². The second kappa shape index (κ2) is 7.76. The van der Waals surface area contributed by atoms with Crippen molar-refractivity contribution in [1.29, 1.82) is 0 Å². The van der Waals surface area contributed by atoms with Crippen LogP contribution in [0.25, 0.3) is 0 Å². The Morgan fingerprint density at radius 3 is 2.56 bits per heavy atom. The zero-order valence-electron chi connectivity index (χ0n) is 16.0. The largest absolute Gasteiger partial charge is 0.376 e. The van der Waals surface area contributed by atoms with Crippen LogP contribution in [0.15, 0.2) is 30.3 Å². The molecule has 1 aromatic heterocycles. The second-order valence-electron chi connectivity index (χ2n) is 7.76. The van der Waals surface area contributed by atoms with Crippen LogP contribution < -0.4 is 4.90 Å². The fourth-order valence-corrected chi connectivity index (χ4v) is 4.46. The second-order valence-corrected chi connectivity index (χ2v) is 7.76. The molecular weight excluding hydrogens is 342 g/mol. The van der Waals surface area contributed by atoms with Gasteiger partial charge in [0.25, 0.3) is 0 Å². The van der Waals surface area contributed by atoms with Crippen LogP contribution in [0.2, 0.25) is 0 Å². The molecule has 2 aliphatic rings. The van der Waals surface area contributed by atoms with Gasteiger partial charge in [-0.2, -0.15) is 0 Å². The minimum absolute atomic E-state index is 0.0876. The summed E-state index contributed by atoms with van der Waals surface area (Å²) in [5, 5.41) is 11.7. The Labute approximate surface area is 159 Å². The van der Waals surface area contributed by atoms with Crippen molar-refractivity contribution in [3.63, 3.8) is 0 Å². The number of carbonyl (C=O) groups is 1. The number of aromatic nitrogens is 4. The summed E-state index contributed by atoms with van der Waals surface area (Å²) in [6.45, 7) is 2.45. The van der Waals surface area contributed by atoms with Crippen molar-refractivity contribution in [3.05, 3.63) is 35.9 Å². The van der Waals surface area contributed by atoms with Crippen molar-refractivity contribution in [2.75, 3.05) is 11.5 Å². The van der Waals surface area contributed by atoms with E-state index in [1.807, 2.05) is 11.8 Å². The number of anilines is 1. The van der Waals surface area contributed by atoms with Gasteiger partial charge in [0.2, 0.25) is 5.95 Å². The van der Waals surface area contributed by atoms with Gasteiger partial charge >= 0.3 is 0 Å². The first-order chi connectivity index (χ1) is 13.1.